The predicted molar refractivity (Wildman–Crippen MR) is 92.3 cm³/mol. The first kappa shape index (κ1) is 16.6. The topological polar surface area (TPSA) is 46.9 Å². The molecule has 0 spiro atoms. The van der Waals surface area contributed by atoms with Crippen molar-refractivity contribution in [1.29, 1.82) is 0 Å². The predicted octanol–water partition coefficient (Wildman–Crippen LogP) is 4.05. The Bertz CT molecular complexity index is 619. The molecule has 118 valence electrons. The molecular weight excluding hydrogens is 294 g/mol. The second-order valence-electron chi connectivity index (χ2n) is 5.60. The third-order valence-corrected chi connectivity index (χ3v) is 4.97. The number of nitrogens with one attached hydrogen (secondary N) is 1. The lowest BCUT2D eigenvalue weighted by molar-refractivity contribution is -0.115. The van der Waals surface area contributed by atoms with Crippen LogP contribution in [0.15, 0.2) is 41.8 Å². The molecule has 0 aliphatic carbocycles. The molecule has 0 aliphatic rings. The van der Waals surface area contributed by atoms with Gasteiger partial charge in [0.1, 0.15) is 0 Å². The van der Waals surface area contributed by atoms with Crippen molar-refractivity contribution in [2.24, 2.45) is 7.05 Å². The van der Waals surface area contributed by atoms with Gasteiger partial charge >= 0.3 is 0 Å². The van der Waals surface area contributed by atoms with Gasteiger partial charge in [0.2, 0.25) is 5.91 Å². The highest BCUT2D eigenvalue weighted by Gasteiger charge is 2.20. The van der Waals surface area contributed by atoms with Crippen LogP contribution in [0.25, 0.3) is 0 Å². The summed E-state index contributed by atoms with van der Waals surface area (Å²) in [5.41, 5.74) is 2.11. The largest absolute Gasteiger partial charge is 0.329 e. The summed E-state index contributed by atoms with van der Waals surface area (Å²) < 4.78 is 1.93. The van der Waals surface area contributed by atoms with Crippen LogP contribution >= 0.6 is 11.8 Å². The Kier molecular flexibility index (Phi) is 5.66. The zero-order chi connectivity index (χ0) is 16.1. The molecule has 1 unspecified atom stereocenters. The first-order valence-electron chi connectivity index (χ1n) is 7.56. The third kappa shape index (κ3) is 4.13. The minimum absolute atomic E-state index is 0.0211. The number of hydrogen-bond acceptors (Lipinski definition) is 3. The van der Waals surface area contributed by atoms with Gasteiger partial charge < -0.3 is 9.88 Å². The van der Waals surface area contributed by atoms with Crippen molar-refractivity contribution in [3.63, 3.8) is 0 Å². The Balaban J connectivity index is 2.01. The minimum Gasteiger partial charge on any atom is -0.329 e. The van der Waals surface area contributed by atoms with Crippen molar-refractivity contribution in [1.82, 2.24) is 9.55 Å². The van der Waals surface area contributed by atoms with E-state index in [1.165, 1.54) is 17.3 Å². The quantitative estimate of drug-likeness (QED) is 0.818. The highest BCUT2D eigenvalue weighted by molar-refractivity contribution is 8.00. The van der Waals surface area contributed by atoms with E-state index in [9.17, 15) is 4.79 Å². The number of imidazole rings is 1. The molecule has 0 saturated carbocycles. The molecule has 1 aromatic heterocycles. The molecule has 4 nitrogen and oxygen atoms in total. The van der Waals surface area contributed by atoms with Crippen LogP contribution in [0, 0.1) is 0 Å². The molecule has 0 radical (unpaired) electrons. The van der Waals surface area contributed by atoms with Gasteiger partial charge in [-0.25, -0.2) is 4.98 Å². The molecule has 1 aromatic carbocycles. The Morgan fingerprint density at radius 2 is 2.00 bits per heavy atom. The Morgan fingerprint density at radius 1 is 1.32 bits per heavy atom. The molecule has 0 fully saturated rings. The molecule has 0 bridgehead atoms. The molecule has 22 heavy (non-hydrogen) atoms. The molecule has 2 rings (SSSR count). The van der Waals surface area contributed by atoms with E-state index in [4.69, 9.17) is 0 Å². The van der Waals surface area contributed by atoms with Gasteiger partial charge in [-0.05, 0) is 30.0 Å². The van der Waals surface area contributed by atoms with Crippen LogP contribution in [-0.4, -0.2) is 20.7 Å². The van der Waals surface area contributed by atoms with Crippen LogP contribution < -0.4 is 5.32 Å². The number of carbonyl (C=O) groups is 1. The average Bonchev–Trinajstić information content (AvgIpc) is 2.90. The fourth-order valence-electron chi connectivity index (χ4n) is 2.09. The minimum atomic E-state index is -0.147. The molecule has 1 heterocycles. The van der Waals surface area contributed by atoms with Gasteiger partial charge in [0.15, 0.2) is 5.16 Å². The zero-order valence-electron chi connectivity index (χ0n) is 13.5. The number of anilines is 1. The van der Waals surface area contributed by atoms with E-state index in [1.54, 1.807) is 6.20 Å². The summed E-state index contributed by atoms with van der Waals surface area (Å²) in [6, 6.07) is 8.05. The van der Waals surface area contributed by atoms with E-state index in [0.717, 1.165) is 17.3 Å². The van der Waals surface area contributed by atoms with Crippen LogP contribution in [0.1, 0.15) is 38.7 Å². The summed E-state index contributed by atoms with van der Waals surface area (Å²) in [4.78, 5) is 16.7. The molecule has 1 N–H and O–H groups in total. The van der Waals surface area contributed by atoms with Gasteiger partial charge in [0, 0.05) is 25.1 Å². The number of amides is 1. The summed E-state index contributed by atoms with van der Waals surface area (Å²) in [6.07, 6.45) is 4.39. The number of aryl methyl sites for hydroxylation is 1. The normalized spacial score (nSPS) is 12.4. The zero-order valence-corrected chi connectivity index (χ0v) is 14.4. The van der Waals surface area contributed by atoms with Crippen molar-refractivity contribution < 1.29 is 4.79 Å². The van der Waals surface area contributed by atoms with Crippen LogP contribution in [0.5, 0.6) is 0 Å². The lowest BCUT2D eigenvalue weighted by atomic mass is 10.0. The van der Waals surface area contributed by atoms with Gasteiger partial charge in [-0.2, -0.15) is 0 Å². The smallest absolute Gasteiger partial charge is 0.237 e. The monoisotopic (exact) mass is 317 g/mol. The van der Waals surface area contributed by atoms with E-state index < -0.39 is 0 Å². The van der Waals surface area contributed by atoms with Crippen LogP contribution in [-0.2, 0) is 11.8 Å². The molecule has 2 aromatic rings. The number of benzene rings is 1. The number of aromatic nitrogens is 2. The molecule has 1 atom stereocenters. The summed E-state index contributed by atoms with van der Waals surface area (Å²) >= 11 is 1.50. The highest BCUT2D eigenvalue weighted by atomic mass is 32.2. The van der Waals surface area contributed by atoms with Crippen LogP contribution in [0.2, 0.25) is 0 Å². The second-order valence-corrected chi connectivity index (χ2v) is 6.77. The summed E-state index contributed by atoms with van der Waals surface area (Å²) in [7, 11) is 1.94. The van der Waals surface area contributed by atoms with Gasteiger partial charge in [-0.1, -0.05) is 44.7 Å². The van der Waals surface area contributed by atoms with Crippen molar-refractivity contribution in [2.75, 3.05) is 5.32 Å². The molecule has 0 saturated heterocycles. The van der Waals surface area contributed by atoms with Crippen molar-refractivity contribution in [3.8, 4) is 0 Å². The van der Waals surface area contributed by atoms with E-state index in [-0.39, 0.29) is 11.2 Å². The van der Waals surface area contributed by atoms with Crippen LogP contribution in [0.4, 0.5) is 5.69 Å². The first-order valence-corrected chi connectivity index (χ1v) is 8.44. The molecule has 0 aliphatic heterocycles. The fraction of sp³-hybridized carbons (Fsp3) is 0.412. The van der Waals surface area contributed by atoms with Crippen molar-refractivity contribution >= 4 is 23.4 Å². The van der Waals surface area contributed by atoms with Crippen molar-refractivity contribution in [2.45, 2.75) is 43.5 Å². The number of carbonyl (C=O) groups excluding carboxylic acids is 1. The lowest BCUT2D eigenvalue weighted by Gasteiger charge is -2.15. The van der Waals surface area contributed by atoms with Gasteiger partial charge in [-0.3, -0.25) is 4.79 Å². The number of hydrogen-bond donors (Lipinski definition) is 1. The summed E-state index contributed by atoms with van der Waals surface area (Å²) in [5, 5.41) is 3.71. The van der Waals surface area contributed by atoms with Gasteiger partial charge in [0.25, 0.3) is 0 Å². The molecule has 5 heteroatoms. The second kappa shape index (κ2) is 7.49. The Morgan fingerprint density at radius 3 is 2.50 bits per heavy atom. The maximum absolute atomic E-state index is 12.4. The SMILES string of the molecule is CCC(Sc1nccn1C)C(=O)Nc1ccc(C(C)C)cc1. The van der Waals surface area contributed by atoms with E-state index >= 15 is 0 Å². The number of thioether (sulfide) groups is 1. The van der Waals surface area contributed by atoms with E-state index in [2.05, 4.69) is 36.3 Å². The van der Waals surface area contributed by atoms with E-state index in [0.29, 0.717) is 5.92 Å². The fourth-order valence-corrected chi connectivity index (χ4v) is 3.03. The maximum atomic E-state index is 12.4. The van der Waals surface area contributed by atoms with Gasteiger partial charge in [-0.15, -0.1) is 0 Å². The molecule has 1 amide bonds. The lowest BCUT2D eigenvalue weighted by Crippen LogP contribution is -2.25. The summed E-state index contributed by atoms with van der Waals surface area (Å²) in [6.45, 7) is 6.33. The number of rotatable bonds is 6. The standard InChI is InChI=1S/C17H23N3OS/c1-5-15(22-17-18-10-11-20(17)4)16(21)19-14-8-6-13(7-9-14)12(2)3/h6-12,15H,5H2,1-4H3,(H,19,21). The third-order valence-electron chi connectivity index (χ3n) is 3.53. The van der Waals surface area contributed by atoms with Gasteiger partial charge in [0.05, 0.1) is 5.25 Å². The Labute approximate surface area is 136 Å². The summed E-state index contributed by atoms with van der Waals surface area (Å²) in [5.74, 6) is 0.514. The number of nitrogens with zero attached hydrogens (tertiary/aromatic N) is 2. The van der Waals surface area contributed by atoms with Crippen LogP contribution in [0.3, 0.4) is 0 Å². The van der Waals surface area contributed by atoms with E-state index in [1.807, 2.05) is 36.9 Å². The molecular formula is C17H23N3OS. The maximum Gasteiger partial charge on any atom is 0.237 e. The highest BCUT2D eigenvalue weighted by Crippen LogP contribution is 2.25. The van der Waals surface area contributed by atoms with Crippen molar-refractivity contribution in [3.05, 3.63) is 42.2 Å². The average molecular weight is 317 g/mol. The Hall–Kier alpha value is -1.75. The first-order chi connectivity index (χ1) is 10.5.